The van der Waals surface area contributed by atoms with Crippen molar-refractivity contribution in [3.63, 3.8) is 0 Å². The normalized spacial score (nSPS) is 15.9. The third kappa shape index (κ3) is 5.02. The number of carbonyl (C=O) groups excluding carboxylic acids is 3. The zero-order valence-corrected chi connectivity index (χ0v) is 25.1. The SMILES string of the molecule is CN(C)C(=O)c1cc2cnc(Nc3ccc(N(C(=O)C4(C(N)=O)CC4)c4cccc(Br)c4)cc3)nc2n1C1CCCC1. The minimum Gasteiger partial charge on any atom is -0.369 e. The molecule has 0 saturated heterocycles. The number of nitrogens with two attached hydrogens (primary N) is 1. The maximum absolute atomic E-state index is 13.7. The summed E-state index contributed by atoms with van der Waals surface area (Å²) in [5, 5.41) is 4.08. The van der Waals surface area contributed by atoms with Crippen molar-refractivity contribution in [3.8, 4) is 0 Å². The number of rotatable bonds is 8. The predicted octanol–water partition coefficient (Wildman–Crippen LogP) is 5.68. The summed E-state index contributed by atoms with van der Waals surface area (Å²) in [7, 11) is 3.51. The third-order valence-corrected chi connectivity index (χ3v) is 8.67. The van der Waals surface area contributed by atoms with Gasteiger partial charge >= 0.3 is 0 Å². The Hall–Kier alpha value is -4.25. The van der Waals surface area contributed by atoms with Crippen LogP contribution in [0.3, 0.4) is 0 Å². The Bertz CT molecular complexity index is 1690. The lowest BCUT2D eigenvalue weighted by molar-refractivity contribution is -0.133. The van der Waals surface area contributed by atoms with Crippen LogP contribution in [0.25, 0.3) is 11.0 Å². The van der Waals surface area contributed by atoms with Crippen LogP contribution >= 0.6 is 15.9 Å². The molecule has 2 aromatic heterocycles. The van der Waals surface area contributed by atoms with Crippen molar-refractivity contribution in [2.45, 2.75) is 44.6 Å². The Morgan fingerprint density at radius 3 is 2.36 bits per heavy atom. The largest absolute Gasteiger partial charge is 0.369 e. The molecular formula is C31H32BrN7O3. The smallest absolute Gasteiger partial charge is 0.270 e. The molecule has 0 atom stereocenters. The fourth-order valence-electron chi connectivity index (χ4n) is 5.72. The van der Waals surface area contributed by atoms with Gasteiger partial charge in [-0.1, -0.05) is 34.8 Å². The van der Waals surface area contributed by atoms with Gasteiger partial charge in [0.25, 0.3) is 5.91 Å². The second-order valence-electron chi connectivity index (χ2n) is 11.2. The second kappa shape index (κ2) is 10.9. The Balaban J connectivity index is 1.31. The van der Waals surface area contributed by atoms with Crippen LogP contribution in [0.4, 0.5) is 23.0 Å². The number of fused-ring (bicyclic) bond motifs is 1. The lowest BCUT2D eigenvalue weighted by atomic mass is 10.0. The summed E-state index contributed by atoms with van der Waals surface area (Å²) in [5.41, 5.74) is 7.78. The number of hydrogen-bond donors (Lipinski definition) is 2. The lowest BCUT2D eigenvalue weighted by Crippen LogP contribution is -2.41. The number of halogens is 1. The molecule has 6 rings (SSSR count). The van der Waals surface area contributed by atoms with Crippen LogP contribution < -0.4 is 16.0 Å². The highest BCUT2D eigenvalue weighted by atomic mass is 79.9. The van der Waals surface area contributed by atoms with Gasteiger partial charge in [-0.2, -0.15) is 4.98 Å². The molecular weight excluding hydrogens is 598 g/mol. The fraction of sp³-hybridized carbons (Fsp3) is 0.323. The van der Waals surface area contributed by atoms with Crippen molar-refractivity contribution >= 4 is 67.7 Å². The molecule has 42 heavy (non-hydrogen) atoms. The van der Waals surface area contributed by atoms with E-state index in [4.69, 9.17) is 10.7 Å². The standard InChI is InChI=1S/C31H32BrN7O3/c1-37(2)27(40)25-16-19-18-34-30(36-26(19)39(25)22-7-3-4-8-22)35-21-10-12-23(13-11-21)38(24-9-5-6-20(32)17-24)29(42)31(14-15-31)28(33)41/h5-6,9-13,16-18,22H,3-4,7-8,14-15H2,1-2H3,(H2,33,41)(H,34,35,36). The number of benzene rings is 2. The Labute approximate surface area is 252 Å². The molecule has 2 heterocycles. The maximum atomic E-state index is 13.7. The average Bonchev–Trinajstić information content (AvgIpc) is 3.46. The summed E-state index contributed by atoms with van der Waals surface area (Å²) in [5.74, 6) is -0.588. The molecule has 0 radical (unpaired) electrons. The molecule has 3 N–H and O–H groups in total. The Morgan fingerprint density at radius 2 is 1.74 bits per heavy atom. The van der Waals surface area contributed by atoms with E-state index >= 15 is 0 Å². The van der Waals surface area contributed by atoms with E-state index < -0.39 is 11.3 Å². The molecule has 2 fully saturated rings. The van der Waals surface area contributed by atoms with Gasteiger partial charge in [0.2, 0.25) is 17.8 Å². The van der Waals surface area contributed by atoms with Gasteiger partial charge < -0.3 is 20.5 Å². The minimum atomic E-state index is -1.18. The minimum absolute atomic E-state index is 0.0566. The summed E-state index contributed by atoms with van der Waals surface area (Å²) >= 11 is 3.48. The van der Waals surface area contributed by atoms with Gasteiger partial charge in [-0.15, -0.1) is 0 Å². The van der Waals surface area contributed by atoms with Crippen molar-refractivity contribution in [3.05, 3.63) is 71.0 Å². The number of anilines is 4. The lowest BCUT2D eigenvalue weighted by Gasteiger charge is -2.27. The highest BCUT2D eigenvalue weighted by Crippen LogP contribution is 2.49. The van der Waals surface area contributed by atoms with Crippen molar-refractivity contribution in [2.75, 3.05) is 24.3 Å². The van der Waals surface area contributed by atoms with Crippen LogP contribution in [0.15, 0.2) is 65.3 Å². The first-order valence-corrected chi connectivity index (χ1v) is 14.8. The number of carbonyl (C=O) groups is 3. The number of nitrogens with one attached hydrogen (secondary N) is 1. The monoisotopic (exact) mass is 629 g/mol. The van der Waals surface area contributed by atoms with Crippen LogP contribution in [0.2, 0.25) is 0 Å². The summed E-state index contributed by atoms with van der Waals surface area (Å²) < 4.78 is 2.89. The maximum Gasteiger partial charge on any atom is 0.270 e. The first-order chi connectivity index (χ1) is 20.2. The molecule has 0 bridgehead atoms. The molecule has 10 nitrogen and oxygen atoms in total. The molecule has 2 saturated carbocycles. The molecule has 3 amide bonds. The average molecular weight is 631 g/mol. The highest BCUT2D eigenvalue weighted by Gasteiger charge is 2.57. The molecule has 216 valence electrons. The first kappa shape index (κ1) is 27.9. The molecule has 0 unspecified atom stereocenters. The van der Waals surface area contributed by atoms with E-state index in [0.717, 1.165) is 46.9 Å². The molecule has 2 aromatic carbocycles. The molecule has 2 aliphatic carbocycles. The molecule has 2 aliphatic rings. The van der Waals surface area contributed by atoms with E-state index in [9.17, 15) is 14.4 Å². The van der Waals surface area contributed by atoms with E-state index in [1.165, 1.54) is 0 Å². The summed E-state index contributed by atoms with van der Waals surface area (Å²) in [6.45, 7) is 0. The van der Waals surface area contributed by atoms with Gasteiger partial charge in [0.15, 0.2) is 0 Å². The summed E-state index contributed by atoms with van der Waals surface area (Å²) in [4.78, 5) is 51.4. The molecule has 4 aromatic rings. The van der Waals surface area contributed by atoms with E-state index in [-0.39, 0.29) is 17.9 Å². The van der Waals surface area contributed by atoms with E-state index in [0.29, 0.717) is 35.9 Å². The molecule has 11 heteroatoms. The molecule has 0 aliphatic heterocycles. The van der Waals surface area contributed by atoms with Crippen molar-refractivity contribution in [2.24, 2.45) is 11.1 Å². The molecule has 0 spiro atoms. The van der Waals surface area contributed by atoms with Crippen LogP contribution in [-0.4, -0.2) is 51.3 Å². The van der Waals surface area contributed by atoms with Crippen LogP contribution in [0, 0.1) is 5.41 Å². The van der Waals surface area contributed by atoms with Crippen LogP contribution in [-0.2, 0) is 9.59 Å². The van der Waals surface area contributed by atoms with E-state index in [1.54, 1.807) is 30.1 Å². The zero-order chi connectivity index (χ0) is 29.6. The van der Waals surface area contributed by atoms with Crippen molar-refractivity contribution in [1.82, 2.24) is 19.4 Å². The quantitative estimate of drug-likeness (QED) is 0.241. The first-order valence-electron chi connectivity index (χ1n) is 14.0. The highest BCUT2D eigenvalue weighted by molar-refractivity contribution is 9.10. The van der Waals surface area contributed by atoms with Crippen molar-refractivity contribution < 1.29 is 14.4 Å². The number of aromatic nitrogens is 3. The van der Waals surface area contributed by atoms with Gasteiger partial charge in [-0.3, -0.25) is 19.3 Å². The zero-order valence-electron chi connectivity index (χ0n) is 23.5. The van der Waals surface area contributed by atoms with Gasteiger partial charge in [0.1, 0.15) is 16.8 Å². The van der Waals surface area contributed by atoms with Gasteiger partial charge in [-0.25, -0.2) is 4.98 Å². The predicted molar refractivity (Wildman–Crippen MR) is 165 cm³/mol. The second-order valence-corrected chi connectivity index (χ2v) is 12.2. The van der Waals surface area contributed by atoms with Gasteiger partial charge in [0.05, 0.1) is 5.69 Å². The van der Waals surface area contributed by atoms with Crippen LogP contribution in [0.1, 0.15) is 55.1 Å². The third-order valence-electron chi connectivity index (χ3n) is 8.17. The number of hydrogen-bond acceptors (Lipinski definition) is 6. The fourth-order valence-corrected chi connectivity index (χ4v) is 6.11. The van der Waals surface area contributed by atoms with E-state index in [1.807, 2.05) is 54.6 Å². The summed E-state index contributed by atoms with van der Waals surface area (Å²) in [6.07, 6.45) is 6.89. The Kier molecular flexibility index (Phi) is 7.22. The van der Waals surface area contributed by atoms with Crippen LogP contribution in [0.5, 0.6) is 0 Å². The van der Waals surface area contributed by atoms with Gasteiger partial charge in [0, 0.05) is 47.6 Å². The number of amides is 3. The van der Waals surface area contributed by atoms with Gasteiger partial charge in [-0.05, 0) is 74.2 Å². The number of nitrogens with zero attached hydrogens (tertiary/aromatic N) is 5. The Morgan fingerprint density at radius 1 is 1.02 bits per heavy atom. The topological polar surface area (TPSA) is 126 Å². The summed E-state index contributed by atoms with van der Waals surface area (Å²) in [6, 6.07) is 16.8. The van der Waals surface area contributed by atoms with Crippen molar-refractivity contribution in [1.29, 1.82) is 0 Å². The number of primary amides is 1. The van der Waals surface area contributed by atoms with E-state index in [2.05, 4.69) is 30.8 Å².